The van der Waals surface area contributed by atoms with Gasteiger partial charge in [-0.25, -0.2) is 4.98 Å². The monoisotopic (exact) mass is 380 g/mol. The fourth-order valence-electron chi connectivity index (χ4n) is 2.59. The number of aryl methyl sites for hydroxylation is 2. The van der Waals surface area contributed by atoms with Gasteiger partial charge in [0.25, 0.3) is 0 Å². The van der Waals surface area contributed by atoms with Crippen LogP contribution in [0.4, 0.5) is 5.69 Å². The third kappa shape index (κ3) is 4.50. The molecule has 9 heteroatoms. The lowest BCUT2D eigenvalue weighted by atomic mass is 10.1. The van der Waals surface area contributed by atoms with E-state index in [-0.39, 0.29) is 18.2 Å². The van der Waals surface area contributed by atoms with E-state index in [0.29, 0.717) is 17.8 Å². The predicted octanol–water partition coefficient (Wildman–Crippen LogP) is 0.911. The number of imidazole rings is 1. The summed E-state index contributed by atoms with van der Waals surface area (Å²) in [6, 6.07) is 8.22. The van der Waals surface area contributed by atoms with E-state index in [2.05, 4.69) is 20.7 Å². The van der Waals surface area contributed by atoms with Crippen molar-refractivity contribution in [2.45, 2.75) is 13.5 Å². The van der Waals surface area contributed by atoms with Gasteiger partial charge < -0.3 is 15.2 Å². The van der Waals surface area contributed by atoms with Crippen molar-refractivity contribution in [2.24, 2.45) is 7.05 Å². The highest BCUT2D eigenvalue weighted by atomic mass is 16.2. The number of carbonyl (C=O) groups excluding carboxylic acids is 3. The summed E-state index contributed by atoms with van der Waals surface area (Å²) in [7, 11) is 1.72. The van der Waals surface area contributed by atoms with Crippen LogP contribution in [0, 0.1) is 6.92 Å². The van der Waals surface area contributed by atoms with Gasteiger partial charge in [0, 0.05) is 43.4 Å². The van der Waals surface area contributed by atoms with Crippen LogP contribution in [0.3, 0.4) is 0 Å². The van der Waals surface area contributed by atoms with Crippen LogP contribution in [0.1, 0.15) is 21.9 Å². The first-order chi connectivity index (χ1) is 13.4. The van der Waals surface area contributed by atoms with Crippen molar-refractivity contribution in [2.75, 3.05) is 11.9 Å². The summed E-state index contributed by atoms with van der Waals surface area (Å²) in [6.45, 7) is 2.60. The van der Waals surface area contributed by atoms with Gasteiger partial charge in [0.2, 0.25) is 5.78 Å². The molecule has 28 heavy (non-hydrogen) atoms. The molecule has 0 atom stereocenters. The number of ketones is 1. The van der Waals surface area contributed by atoms with E-state index in [9.17, 15) is 14.4 Å². The molecule has 0 radical (unpaired) electrons. The highest BCUT2D eigenvalue weighted by Gasteiger charge is 2.16. The first kappa shape index (κ1) is 19.0. The summed E-state index contributed by atoms with van der Waals surface area (Å²) < 4.78 is 3.29. The minimum atomic E-state index is -0.807. The summed E-state index contributed by atoms with van der Waals surface area (Å²) in [4.78, 5) is 40.6. The Morgan fingerprint density at radius 3 is 2.61 bits per heavy atom. The van der Waals surface area contributed by atoms with E-state index < -0.39 is 11.8 Å². The second kappa shape index (κ2) is 8.30. The maximum absolute atomic E-state index is 12.5. The van der Waals surface area contributed by atoms with E-state index in [1.165, 1.54) is 12.3 Å². The van der Waals surface area contributed by atoms with Gasteiger partial charge >= 0.3 is 11.8 Å². The Hall–Kier alpha value is -3.75. The van der Waals surface area contributed by atoms with Crippen LogP contribution >= 0.6 is 0 Å². The van der Waals surface area contributed by atoms with Gasteiger partial charge in [0.1, 0.15) is 0 Å². The molecule has 0 aliphatic heterocycles. The number of hydrogen-bond acceptors (Lipinski definition) is 5. The van der Waals surface area contributed by atoms with Crippen LogP contribution in [-0.4, -0.2) is 43.5 Å². The van der Waals surface area contributed by atoms with Crippen LogP contribution in [0.25, 0.3) is 0 Å². The van der Waals surface area contributed by atoms with Gasteiger partial charge in [-0.2, -0.15) is 5.10 Å². The average molecular weight is 380 g/mol. The Balaban J connectivity index is 1.57. The Kier molecular flexibility index (Phi) is 5.64. The highest BCUT2D eigenvalue weighted by molar-refractivity contribution is 6.39. The molecule has 2 amide bonds. The van der Waals surface area contributed by atoms with Crippen LogP contribution in [0.5, 0.6) is 0 Å². The molecule has 144 valence electrons. The molecular weight excluding hydrogens is 360 g/mol. The number of rotatable bonds is 6. The largest absolute Gasteiger partial charge is 0.346 e. The first-order valence-corrected chi connectivity index (χ1v) is 8.65. The van der Waals surface area contributed by atoms with Crippen molar-refractivity contribution in [1.82, 2.24) is 24.6 Å². The second-order valence-corrected chi connectivity index (χ2v) is 6.20. The van der Waals surface area contributed by atoms with Crippen molar-refractivity contribution < 1.29 is 14.4 Å². The molecule has 3 rings (SSSR count). The third-order valence-electron chi connectivity index (χ3n) is 4.01. The van der Waals surface area contributed by atoms with Crippen molar-refractivity contribution in [1.29, 1.82) is 0 Å². The number of amides is 2. The maximum atomic E-state index is 12.5. The molecule has 2 aromatic heterocycles. The third-order valence-corrected chi connectivity index (χ3v) is 4.01. The van der Waals surface area contributed by atoms with Crippen molar-refractivity contribution in [3.63, 3.8) is 0 Å². The van der Waals surface area contributed by atoms with Crippen molar-refractivity contribution in [3.05, 3.63) is 66.0 Å². The predicted molar refractivity (Wildman–Crippen MR) is 102 cm³/mol. The Morgan fingerprint density at radius 1 is 1.11 bits per heavy atom. The van der Waals surface area contributed by atoms with Crippen LogP contribution in [0.15, 0.2) is 48.9 Å². The number of nitrogens with zero attached hydrogens (tertiary/aromatic N) is 4. The molecule has 0 aliphatic carbocycles. The SMILES string of the molecule is Cc1ccn(CCNC(=O)C(=O)Nc2cccc(C(=O)c3nccn3C)c2)n1. The molecule has 2 N–H and O–H groups in total. The standard InChI is InChI=1S/C19H20N6O3/c1-13-6-9-25(23-13)11-8-21-18(27)19(28)22-15-5-3-4-14(12-15)16(26)17-20-7-10-24(17)2/h3-7,9-10,12H,8,11H2,1-2H3,(H,21,27)(H,22,28). The van der Waals surface area contributed by atoms with Gasteiger partial charge in [-0.1, -0.05) is 12.1 Å². The zero-order valence-corrected chi connectivity index (χ0v) is 15.5. The van der Waals surface area contributed by atoms with Gasteiger partial charge in [0.15, 0.2) is 5.82 Å². The minimum absolute atomic E-state index is 0.269. The molecule has 1 aromatic carbocycles. The highest BCUT2D eigenvalue weighted by Crippen LogP contribution is 2.14. The molecule has 0 unspecified atom stereocenters. The number of carbonyl (C=O) groups is 3. The number of anilines is 1. The minimum Gasteiger partial charge on any atom is -0.346 e. The van der Waals surface area contributed by atoms with Crippen LogP contribution in [0.2, 0.25) is 0 Å². The molecule has 0 bridgehead atoms. The molecule has 0 saturated heterocycles. The fourth-order valence-corrected chi connectivity index (χ4v) is 2.59. The Labute approximate surface area is 161 Å². The number of nitrogens with one attached hydrogen (secondary N) is 2. The summed E-state index contributed by atoms with van der Waals surface area (Å²) in [5, 5.41) is 9.23. The van der Waals surface area contributed by atoms with Crippen LogP contribution < -0.4 is 10.6 Å². The van der Waals surface area contributed by atoms with E-state index in [1.54, 1.807) is 46.9 Å². The second-order valence-electron chi connectivity index (χ2n) is 6.20. The zero-order chi connectivity index (χ0) is 20.1. The van der Waals surface area contributed by atoms with Crippen molar-refractivity contribution in [3.8, 4) is 0 Å². The quantitative estimate of drug-likeness (QED) is 0.488. The topological polar surface area (TPSA) is 111 Å². The van der Waals surface area contributed by atoms with E-state index in [1.807, 2.05) is 13.0 Å². The summed E-state index contributed by atoms with van der Waals surface area (Å²) in [6.07, 6.45) is 5.01. The molecule has 2 heterocycles. The van der Waals surface area contributed by atoms with E-state index >= 15 is 0 Å². The molecule has 0 fully saturated rings. The molecule has 0 saturated carbocycles. The van der Waals surface area contributed by atoms with Crippen molar-refractivity contribution >= 4 is 23.3 Å². The Bertz CT molecular complexity index is 1020. The molecule has 0 aliphatic rings. The summed E-state index contributed by atoms with van der Waals surface area (Å²) >= 11 is 0. The number of hydrogen-bond donors (Lipinski definition) is 2. The van der Waals surface area contributed by atoms with Gasteiger partial charge in [0.05, 0.1) is 12.2 Å². The molecule has 0 spiro atoms. The molecular formula is C19H20N6O3. The average Bonchev–Trinajstić information content (AvgIpc) is 3.29. The van der Waals surface area contributed by atoms with Crippen LogP contribution in [-0.2, 0) is 23.2 Å². The lowest BCUT2D eigenvalue weighted by Crippen LogP contribution is -2.37. The lowest BCUT2D eigenvalue weighted by Gasteiger charge is -2.08. The van der Waals surface area contributed by atoms with Gasteiger partial charge in [-0.15, -0.1) is 0 Å². The molecule has 3 aromatic rings. The summed E-state index contributed by atoms with van der Waals surface area (Å²) in [5.74, 6) is -1.56. The van der Waals surface area contributed by atoms with E-state index in [4.69, 9.17) is 0 Å². The lowest BCUT2D eigenvalue weighted by molar-refractivity contribution is -0.136. The number of benzene rings is 1. The Morgan fingerprint density at radius 2 is 1.93 bits per heavy atom. The summed E-state index contributed by atoms with van der Waals surface area (Å²) in [5.41, 5.74) is 1.59. The smallest absolute Gasteiger partial charge is 0.313 e. The number of aromatic nitrogens is 4. The maximum Gasteiger partial charge on any atom is 0.313 e. The van der Waals surface area contributed by atoms with E-state index in [0.717, 1.165) is 5.69 Å². The normalized spacial score (nSPS) is 10.5. The zero-order valence-electron chi connectivity index (χ0n) is 15.5. The van der Waals surface area contributed by atoms with Gasteiger partial charge in [-0.3, -0.25) is 19.1 Å². The molecule has 9 nitrogen and oxygen atoms in total. The fraction of sp³-hybridized carbons (Fsp3) is 0.211. The first-order valence-electron chi connectivity index (χ1n) is 8.65. The van der Waals surface area contributed by atoms with Gasteiger partial charge in [-0.05, 0) is 25.1 Å².